The summed E-state index contributed by atoms with van der Waals surface area (Å²) in [5.41, 5.74) is 2.05. The highest BCUT2D eigenvalue weighted by Crippen LogP contribution is 2.23. The smallest absolute Gasteiger partial charge is 0.389 e. The van der Waals surface area contributed by atoms with Crippen LogP contribution in [0.2, 0.25) is 0 Å². The van der Waals surface area contributed by atoms with Crippen LogP contribution in [0, 0.1) is 0 Å². The van der Waals surface area contributed by atoms with E-state index >= 15 is 0 Å². The van der Waals surface area contributed by atoms with Gasteiger partial charge in [0.1, 0.15) is 0 Å². The summed E-state index contributed by atoms with van der Waals surface area (Å²) in [7, 11) is 0. The molecular weight excluding hydrogens is 427 g/mol. The summed E-state index contributed by atoms with van der Waals surface area (Å²) in [4.78, 5) is 11.3. The zero-order valence-corrected chi connectivity index (χ0v) is 20.2. The first-order chi connectivity index (χ1) is 15.9. The lowest BCUT2D eigenvalue weighted by molar-refractivity contribution is -0.137. The van der Waals surface area contributed by atoms with Crippen LogP contribution in [0.15, 0.2) is 30.3 Å². The Kier molecular flexibility index (Phi) is 16.2. The Bertz CT molecular complexity index is 642. The molecule has 0 bridgehead atoms. The molecule has 1 aromatic rings. The molecule has 0 fully saturated rings. The number of benzene rings is 1. The first-order valence-electron chi connectivity index (χ1n) is 12.7. The number of unbranched alkanes of at least 4 members (excludes halogenated alkanes) is 12. The van der Waals surface area contributed by atoms with Gasteiger partial charge >= 0.3 is 12.1 Å². The molecule has 1 rings (SSSR count). The minimum Gasteiger partial charge on any atom is -0.463 e. The maximum atomic E-state index is 12.0. The third-order valence-electron chi connectivity index (χ3n) is 5.58. The fraction of sp³-hybridized carbons (Fsp3) is 0.667. The molecule has 0 aliphatic heterocycles. The van der Waals surface area contributed by atoms with Crippen LogP contribution in [-0.4, -0.2) is 25.3 Å². The van der Waals surface area contributed by atoms with Crippen LogP contribution in [0.3, 0.4) is 0 Å². The Labute approximate surface area is 198 Å². The molecule has 33 heavy (non-hydrogen) atoms. The average Bonchev–Trinajstić information content (AvgIpc) is 2.77. The van der Waals surface area contributed by atoms with Crippen LogP contribution >= 0.6 is 0 Å². The van der Waals surface area contributed by atoms with Crippen molar-refractivity contribution in [3.63, 3.8) is 0 Å². The fourth-order valence-corrected chi connectivity index (χ4v) is 3.69. The summed E-state index contributed by atoms with van der Waals surface area (Å²) in [6, 6.07) is 8.00. The molecular formula is C27H42F3NO2. The number of ether oxygens (including phenoxy) is 1. The van der Waals surface area contributed by atoms with Crippen molar-refractivity contribution in [3.05, 3.63) is 35.9 Å². The predicted molar refractivity (Wildman–Crippen MR) is 131 cm³/mol. The number of carbonyl (C=O) groups excluding carboxylic acids is 1. The van der Waals surface area contributed by atoms with Gasteiger partial charge < -0.3 is 10.1 Å². The third kappa shape index (κ3) is 18.2. The van der Waals surface area contributed by atoms with E-state index in [0.717, 1.165) is 43.5 Å². The number of hydrogen-bond donors (Lipinski definition) is 1. The molecule has 1 aromatic carbocycles. The lowest BCUT2D eigenvalue weighted by Crippen LogP contribution is -2.06. The Hall–Kier alpha value is -1.98. The fourth-order valence-electron chi connectivity index (χ4n) is 3.69. The maximum absolute atomic E-state index is 12.0. The van der Waals surface area contributed by atoms with Gasteiger partial charge in [0.05, 0.1) is 6.61 Å². The number of esters is 1. The molecule has 0 saturated heterocycles. The molecule has 0 spiro atoms. The number of carbonyl (C=O) groups is 1. The normalized spacial score (nSPS) is 11.8. The van der Waals surface area contributed by atoms with Gasteiger partial charge in [-0.25, -0.2) is 4.79 Å². The molecule has 0 saturated carbocycles. The van der Waals surface area contributed by atoms with Gasteiger partial charge in [-0.1, -0.05) is 82.8 Å². The Morgan fingerprint density at radius 3 is 1.79 bits per heavy atom. The first-order valence-corrected chi connectivity index (χ1v) is 12.7. The van der Waals surface area contributed by atoms with E-state index in [0.29, 0.717) is 13.0 Å². The van der Waals surface area contributed by atoms with E-state index in [1.54, 1.807) is 13.0 Å². The monoisotopic (exact) mass is 469 g/mol. The van der Waals surface area contributed by atoms with E-state index in [4.69, 9.17) is 4.74 Å². The minimum absolute atomic E-state index is 0.279. The maximum Gasteiger partial charge on any atom is 0.389 e. The highest BCUT2D eigenvalue weighted by Gasteiger charge is 2.25. The van der Waals surface area contributed by atoms with Crippen LogP contribution in [0.1, 0.15) is 102 Å². The van der Waals surface area contributed by atoms with Crippen LogP contribution in [0.4, 0.5) is 18.9 Å². The lowest BCUT2D eigenvalue weighted by atomic mass is 10.0. The summed E-state index contributed by atoms with van der Waals surface area (Å²) in [5, 5.41) is 3.44. The quantitative estimate of drug-likeness (QED) is 0.125. The third-order valence-corrected chi connectivity index (χ3v) is 5.58. The molecule has 0 aromatic heterocycles. The standard InChI is InChI=1S/C27H42F3NO2/c1-2-33-26(32)21-18-24-16-19-25(20-17-24)31-23-15-13-11-9-7-5-3-4-6-8-10-12-14-22-27(28,29)30/h16-21,31H,2-15,22-23H2,1H3/b21-18+. The SMILES string of the molecule is CCOC(=O)/C=C/c1ccc(NCCCCCCCCCCCCCCCC(F)(F)F)cc1. The molecule has 0 aliphatic rings. The number of alkyl halides is 3. The van der Waals surface area contributed by atoms with Gasteiger partial charge in [-0.15, -0.1) is 0 Å². The van der Waals surface area contributed by atoms with Crippen molar-refractivity contribution in [2.24, 2.45) is 0 Å². The van der Waals surface area contributed by atoms with Crippen molar-refractivity contribution in [2.75, 3.05) is 18.5 Å². The molecule has 6 heteroatoms. The molecule has 0 atom stereocenters. The molecule has 0 amide bonds. The summed E-state index contributed by atoms with van der Waals surface area (Å²) in [5.74, 6) is -0.323. The van der Waals surface area contributed by atoms with Crippen molar-refractivity contribution in [1.82, 2.24) is 0 Å². The summed E-state index contributed by atoms with van der Waals surface area (Å²) >= 11 is 0. The van der Waals surface area contributed by atoms with Crippen molar-refractivity contribution < 1.29 is 22.7 Å². The predicted octanol–water partition coefficient (Wildman–Crippen LogP) is 8.70. The number of halogens is 3. The molecule has 1 N–H and O–H groups in total. The van der Waals surface area contributed by atoms with E-state index in [1.165, 1.54) is 51.0 Å². The minimum atomic E-state index is -3.99. The molecule has 0 aliphatic carbocycles. The van der Waals surface area contributed by atoms with Gasteiger partial charge in [-0.2, -0.15) is 13.2 Å². The highest BCUT2D eigenvalue weighted by atomic mass is 19.4. The van der Waals surface area contributed by atoms with Crippen molar-refractivity contribution in [3.8, 4) is 0 Å². The Morgan fingerprint density at radius 2 is 1.30 bits per heavy atom. The van der Waals surface area contributed by atoms with Crippen LogP contribution < -0.4 is 5.32 Å². The molecule has 0 heterocycles. The molecule has 188 valence electrons. The molecule has 0 unspecified atom stereocenters. The van der Waals surface area contributed by atoms with Crippen molar-refractivity contribution in [1.29, 1.82) is 0 Å². The van der Waals surface area contributed by atoms with Gasteiger partial charge in [0.2, 0.25) is 0 Å². The second kappa shape index (κ2) is 18.4. The van der Waals surface area contributed by atoms with E-state index in [2.05, 4.69) is 5.32 Å². The average molecular weight is 470 g/mol. The molecule has 0 radical (unpaired) electrons. The first kappa shape index (κ1) is 29.1. The van der Waals surface area contributed by atoms with E-state index in [9.17, 15) is 18.0 Å². The van der Waals surface area contributed by atoms with Crippen LogP contribution in [0.25, 0.3) is 6.08 Å². The second-order valence-corrected chi connectivity index (χ2v) is 8.60. The van der Waals surface area contributed by atoms with E-state index in [1.807, 2.05) is 24.3 Å². The zero-order chi connectivity index (χ0) is 24.2. The van der Waals surface area contributed by atoms with Gasteiger partial charge in [0.15, 0.2) is 0 Å². The topological polar surface area (TPSA) is 38.3 Å². The Morgan fingerprint density at radius 1 is 0.818 bits per heavy atom. The zero-order valence-electron chi connectivity index (χ0n) is 20.2. The van der Waals surface area contributed by atoms with Gasteiger partial charge in [0.25, 0.3) is 0 Å². The van der Waals surface area contributed by atoms with Crippen molar-refractivity contribution >= 4 is 17.7 Å². The molecule has 3 nitrogen and oxygen atoms in total. The van der Waals surface area contributed by atoms with Crippen molar-refractivity contribution in [2.45, 2.75) is 103 Å². The van der Waals surface area contributed by atoms with Gasteiger partial charge in [-0.05, 0) is 43.5 Å². The Balaban J connectivity index is 1.89. The number of nitrogens with one attached hydrogen (secondary N) is 1. The second-order valence-electron chi connectivity index (χ2n) is 8.60. The summed E-state index contributed by atoms with van der Waals surface area (Å²) in [6.45, 7) is 3.13. The van der Waals surface area contributed by atoms with Crippen LogP contribution in [-0.2, 0) is 9.53 Å². The largest absolute Gasteiger partial charge is 0.463 e. The number of hydrogen-bond acceptors (Lipinski definition) is 3. The highest BCUT2D eigenvalue weighted by molar-refractivity contribution is 5.87. The number of rotatable bonds is 19. The van der Waals surface area contributed by atoms with Gasteiger partial charge in [-0.3, -0.25) is 0 Å². The van der Waals surface area contributed by atoms with E-state index in [-0.39, 0.29) is 12.4 Å². The van der Waals surface area contributed by atoms with E-state index < -0.39 is 12.6 Å². The summed E-state index contributed by atoms with van der Waals surface area (Å²) < 4.78 is 41.0. The number of anilines is 1. The summed E-state index contributed by atoms with van der Waals surface area (Å²) in [6.07, 6.45) is 12.6. The lowest BCUT2D eigenvalue weighted by Gasteiger charge is -2.07. The van der Waals surface area contributed by atoms with Crippen LogP contribution in [0.5, 0.6) is 0 Å². The van der Waals surface area contributed by atoms with Gasteiger partial charge in [0, 0.05) is 24.7 Å².